The number of rotatable bonds is 6. The van der Waals surface area contributed by atoms with Gasteiger partial charge in [-0.1, -0.05) is 0 Å². The number of carboxylic acid groups (broad SMARTS) is 1. The average Bonchev–Trinajstić information content (AvgIpc) is 2.38. The molecule has 0 bridgehead atoms. The second-order valence-corrected chi connectivity index (χ2v) is 4.17. The summed E-state index contributed by atoms with van der Waals surface area (Å²) in [6.07, 6.45) is 0. The van der Waals surface area contributed by atoms with Crippen molar-refractivity contribution in [1.82, 2.24) is 5.32 Å². The first-order chi connectivity index (χ1) is 9.47. The lowest BCUT2D eigenvalue weighted by Crippen LogP contribution is -2.38. The van der Waals surface area contributed by atoms with E-state index in [-0.39, 0.29) is 17.3 Å². The van der Waals surface area contributed by atoms with E-state index in [4.69, 9.17) is 14.6 Å². The number of ether oxygens (including phenoxy) is 2. The standard InChI is InChI=1S/C13H18N2O5/c1-8(7-19-2)14-13(18)15-11-6-9(20-3)4-5-10(11)12(16)17/h4-6,8H,7H2,1-3H3,(H,16,17)(H2,14,15,18). The molecule has 7 heteroatoms. The number of benzene rings is 1. The van der Waals surface area contributed by atoms with E-state index in [0.29, 0.717) is 12.4 Å². The van der Waals surface area contributed by atoms with Crippen molar-refractivity contribution in [2.75, 3.05) is 26.1 Å². The van der Waals surface area contributed by atoms with Crippen molar-refractivity contribution in [2.24, 2.45) is 0 Å². The molecule has 0 aliphatic heterocycles. The van der Waals surface area contributed by atoms with Crippen LogP contribution in [0.15, 0.2) is 18.2 Å². The first-order valence-electron chi connectivity index (χ1n) is 5.95. The Hall–Kier alpha value is -2.28. The highest BCUT2D eigenvalue weighted by atomic mass is 16.5. The first-order valence-corrected chi connectivity index (χ1v) is 5.95. The number of carboxylic acids is 1. The maximum absolute atomic E-state index is 11.8. The highest BCUT2D eigenvalue weighted by Gasteiger charge is 2.14. The fourth-order valence-electron chi connectivity index (χ4n) is 1.61. The fraction of sp³-hybridized carbons (Fsp3) is 0.385. The van der Waals surface area contributed by atoms with Gasteiger partial charge in [-0.05, 0) is 19.1 Å². The number of carbonyl (C=O) groups is 2. The monoisotopic (exact) mass is 282 g/mol. The largest absolute Gasteiger partial charge is 0.497 e. The summed E-state index contributed by atoms with van der Waals surface area (Å²) in [5, 5.41) is 14.2. The minimum atomic E-state index is -1.13. The van der Waals surface area contributed by atoms with Crippen LogP contribution in [-0.2, 0) is 4.74 Å². The Morgan fingerprint density at radius 1 is 1.35 bits per heavy atom. The van der Waals surface area contributed by atoms with Gasteiger partial charge in [0.1, 0.15) is 5.75 Å². The molecule has 1 aromatic rings. The molecular formula is C13H18N2O5. The molecule has 0 saturated heterocycles. The van der Waals surface area contributed by atoms with Crippen LogP contribution in [0.1, 0.15) is 17.3 Å². The van der Waals surface area contributed by atoms with Crippen LogP contribution < -0.4 is 15.4 Å². The van der Waals surface area contributed by atoms with Crippen LogP contribution in [-0.4, -0.2) is 44.0 Å². The smallest absolute Gasteiger partial charge is 0.337 e. The maximum Gasteiger partial charge on any atom is 0.337 e. The molecule has 0 aliphatic carbocycles. The molecule has 1 aromatic carbocycles. The first kappa shape index (κ1) is 15.8. The number of hydrogen-bond acceptors (Lipinski definition) is 4. The SMILES string of the molecule is COCC(C)NC(=O)Nc1cc(OC)ccc1C(=O)O. The summed E-state index contributed by atoms with van der Waals surface area (Å²) in [5.74, 6) is -0.678. The van der Waals surface area contributed by atoms with E-state index in [1.807, 2.05) is 0 Å². The molecule has 2 amide bonds. The van der Waals surface area contributed by atoms with Crippen LogP contribution in [0.5, 0.6) is 5.75 Å². The Labute approximate surface area is 116 Å². The van der Waals surface area contributed by atoms with Crippen molar-refractivity contribution in [2.45, 2.75) is 13.0 Å². The molecule has 20 heavy (non-hydrogen) atoms. The van der Waals surface area contributed by atoms with Gasteiger partial charge < -0.3 is 25.2 Å². The molecule has 0 aliphatic rings. The van der Waals surface area contributed by atoms with Gasteiger partial charge in [0.2, 0.25) is 0 Å². The molecule has 0 heterocycles. The van der Waals surface area contributed by atoms with E-state index in [9.17, 15) is 9.59 Å². The number of aromatic carboxylic acids is 1. The summed E-state index contributed by atoms with van der Waals surface area (Å²) < 4.78 is 9.90. The minimum absolute atomic E-state index is 0.0136. The van der Waals surface area contributed by atoms with Crippen molar-refractivity contribution < 1.29 is 24.2 Å². The van der Waals surface area contributed by atoms with E-state index in [1.54, 1.807) is 6.92 Å². The second-order valence-electron chi connectivity index (χ2n) is 4.17. The molecule has 1 unspecified atom stereocenters. The Morgan fingerprint density at radius 2 is 2.05 bits per heavy atom. The molecule has 3 N–H and O–H groups in total. The Morgan fingerprint density at radius 3 is 2.60 bits per heavy atom. The van der Waals surface area contributed by atoms with Crippen LogP contribution in [0.25, 0.3) is 0 Å². The lowest BCUT2D eigenvalue weighted by molar-refractivity contribution is 0.0698. The zero-order valence-electron chi connectivity index (χ0n) is 11.6. The van der Waals surface area contributed by atoms with Crippen LogP contribution >= 0.6 is 0 Å². The zero-order valence-corrected chi connectivity index (χ0v) is 11.6. The Kier molecular flexibility index (Phi) is 5.79. The third kappa shape index (κ3) is 4.43. The number of hydrogen-bond donors (Lipinski definition) is 3. The van der Waals surface area contributed by atoms with Crippen molar-refractivity contribution in [3.8, 4) is 5.75 Å². The highest BCUT2D eigenvalue weighted by Crippen LogP contribution is 2.22. The summed E-state index contributed by atoms with van der Waals surface area (Å²) in [6.45, 7) is 2.13. The Balaban J connectivity index is 2.84. The third-order valence-electron chi connectivity index (χ3n) is 2.50. The van der Waals surface area contributed by atoms with Gasteiger partial charge >= 0.3 is 12.0 Å². The van der Waals surface area contributed by atoms with Gasteiger partial charge in [0.05, 0.1) is 31.0 Å². The third-order valence-corrected chi connectivity index (χ3v) is 2.50. The molecule has 110 valence electrons. The normalized spacial score (nSPS) is 11.6. The molecule has 0 saturated carbocycles. The Bertz CT molecular complexity index is 490. The number of amides is 2. The number of urea groups is 1. The summed E-state index contributed by atoms with van der Waals surface area (Å²) in [7, 11) is 2.99. The quantitative estimate of drug-likeness (QED) is 0.735. The van der Waals surface area contributed by atoms with Gasteiger partial charge in [-0.25, -0.2) is 9.59 Å². The van der Waals surface area contributed by atoms with E-state index in [2.05, 4.69) is 10.6 Å². The molecular weight excluding hydrogens is 264 g/mol. The average molecular weight is 282 g/mol. The van der Waals surface area contributed by atoms with Crippen molar-refractivity contribution in [3.05, 3.63) is 23.8 Å². The number of carbonyl (C=O) groups excluding carboxylic acids is 1. The van der Waals surface area contributed by atoms with E-state index in [0.717, 1.165) is 0 Å². The predicted octanol–water partition coefficient (Wildman–Crippen LogP) is 1.55. The van der Waals surface area contributed by atoms with Crippen LogP contribution in [0.4, 0.5) is 10.5 Å². The van der Waals surface area contributed by atoms with Crippen molar-refractivity contribution in [3.63, 3.8) is 0 Å². The van der Waals surface area contributed by atoms with Crippen LogP contribution in [0, 0.1) is 0 Å². The van der Waals surface area contributed by atoms with Crippen LogP contribution in [0.3, 0.4) is 0 Å². The zero-order chi connectivity index (χ0) is 15.1. The second kappa shape index (κ2) is 7.34. The molecule has 0 aromatic heterocycles. The van der Waals surface area contributed by atoms with Gasteiger partial charge in [0.15, 0.2) is 0 Å². The van der Waals surface area contributed by atoms with Crippen LogP contribution in [0.2, 0.25) is 0 Å². The molecule has 1 atom stereocenters. The molecule has 0 fully saturated rings. The van der Waals surface area contributed by atoms with E-state index in [1.165, 1.54) is 32.4 Å². The minimum Gasteiger partial charge on any atom is -0.497 e. The lowest BCUT2D eigenvalue weighted by atomic mass is 10.1. The topological polar surface area (TPSA) is 96.9 Å². The summed E-state index contributed by atoms with van der Waals surface area (Å²) in [6, 6.07) is 3.63. The predicted molar refractivity (Wildman–Crippen MR) is 73.4 cm³/mol. The maximum atomic E-state index is 11.8. The highest BCUT2D eigenvalue weighted by molar-refractivity contribution is 6.00. The fourth-order valence-corrected chi connectivity index (χ4v) is 1.61. The number of nitrogens with one attached hydrogen (secondary N) is 2. The van der Waals surface area contributed by atoms with Gasteiger partial charge in [-0.2, -0.15) is 0 Å². The van der Waals surface area contributed by atoms with E-state index < -0.39 is 12.0 Å². The number of methoxy groups -OCH3 is 2. The molecule has 0 radical (unpaired) electrons. The summed E-state index contributed by atoms with van der Waals surface area (Å²) in [5.41, 5.74) is 0.152. The number of anilines is 1. The van der Waals surface area contributed by atoms with Gasteiger partial charge in [-0.15, -0.1) is 0 Å². The molecule has 1 rings (SSSR count). The van der Waals surface area contributed by atoms with Gasteiger partial charge in [0, 0.05) is 13.2 Å². The van der Waals surface area contributed by atoms with Crippen molar-refractivity contribution >= 4 is 17.7 Å². The van der Waals surface area contributed by atoms with Gasteiger partial charge in [0.25, 0.3) is 0 Å². The summed E-state index contributed by atoms with van der Waals surface area (Å²) in [4.78, 5) is 22.9. The molecule has 0 spiro atoms. The van der Waals surface area contributed by atoms with E-state index >= 15 is 0 Å². The summed E-state index contributed by atoms with van der Waals surface area (Å²) >= 11 is 0. The molecule has 7 nitrogen and oxygen atoms in total. The lowest BCUT2D eigenvalue weighted by Gasteiger charge is -2.15. The van der Waals surface area contributed by atoms with Crippen molar-refractivity contribution in [1.29, 1.82) is 0 Å². The van der Waals surface area contributed by atoms with Gasteiger partial charge in [-0.3, -0.25) is 0 Å².